The lowest BCUT2D eigenvalue weighted by Crippen LogP contribution is -2.12. The largest absolute Gasteiger partial charge is 0.322 e. The molecule has 0 atom stereocenters. The molecular weight excluding hydrogens is 238 g/mol. The number of carbonyl (C=O) groups is 1. The van der Waals surface area contributed by atoms with Gasteiger partial charge in [0.25, 0.3) is 5.91 Å². The highest BCUT2D eigenvalue weighted by Gasteiger charge is 2.07. The SMILES string of the molecule is O=C(Nc1ccncc1)c1cnc2ccccc2c1. The second kappa shape index (κ2) is 4.86. The molecule has 0 spiro atoms. The first-order chi connectivity index (χ1) is 9.33. The van der Waals surface area contributed by atoms with Crippen LogP contribution in [0.25, 0.3) is 10.9 Å². The molecule has 2 aromatic heterocycles. The van der Waals surface area contributed by atoms with Crippen LogP contribution in [0.1, 0.15) is 10.4 Å². The number of fused-ring (bicyclic) bond motifs is 1. The Morgan fingerprint density at radius 2 is 1.84 bits per heavy atom. The van der Waals surface area contributed by atoms with Crippen LogP contribution in [0, 0.1) is 0 Å². The van der Waals surface area contributed by atoms with Crippen molar-refractivity contribution in [2.45, 2.75) is 0 Å². The van der Waals surface area contributed by atoms with Crippen molar-refractivity contribution < 1.29 is 4.79 Å². The van der Waals surface area contributed by atoms with Gasteiger partial charge in [0.15, 0.2) is 0 Å². The minimum Gasteiger partial charge on any atom is -0.322 e. The molecule has 1 amide bonds. The van der Waals surface area contributed by atoms with Gasteiger partial charge in [-0.15, -0.1) is 0 Å². The van der Waals surface area contributed by atoms with Gasteiger partial charge in [0.05, 0.1) is 11.1 Å². The summed E-state index contributed by atoms with van der Waals surface area (Å²) in [7, 11) is 0. The Balaban J connectivity index is 1.89. The molecule has 19 heavy (non-hydrogen) atoms. The fourth-order valence-corrected chi connectivity index (χ4v) is 1.83. The van der Waals surface area contributed by atoms with E-state index in [0.29, 0.717) is 11.3 Å². The third-order valence-corrected chi connectivity index (χ3v) is 2.79. The van der Waals surface area contributed by atoms with Crippen LogP contribution < -0.4 is 5.32 Å². The molecule has 92 valence electrons. The number of para-hydroxylation sites is 1. The van der Waals surface area contributed by atoms with Gasteiger partial charge in [-0.2, -0.15) is 0 Å². The standard InChI is InChI=1S/C15H11N3O/c19-15(18-13-5-7-16-8-6-13)12-9-11-3-1-2-4-14(11)17-10-12/h1-10H,(H,16,18,19). The van der Waals surface area contributed by atoms with Gasteiger partial charge < -0.3 is 5.32 Å². The van der Waals surface area contributed by atoms with Crippen LogP contribution in [0.4, 0.5) is 5.69 Å². The number of carbonyl (C=O) groups excluding carboxylic acids is 1. The van der Waals surface area contributed by atoms with E-state index in [1.54, 1.807) is 30.7 Å². The number of nitrogens with zero attached hydrogens (tertiary/aromatic N) is 2. The number of pyridine rings is 2. The second-order valence-corrected chi connectivity index (χ2v) is 4.11. The quantitative estimate of drug-likeness (QED) is 0.759. The van der Waals surface area contributed by atoms with E-state index in [1.807, 2.05) is 30.3 Å². The molecule has 4 heteroatoms. The third kappa shape index (κ3) is 2.42. The lowest BCUT2D eigenvalue weighted by molar-refractivity contribution is 0.102. The Hall–Kier alpha value is -2.75. The monoisotopic (exact) mass is 249 g/mol. The van der Waals surface area contributed by atoms with Crippen molar-refractivity contribution in [2.24, 2.45) is 0 Å². The van der Waals surface area contributed by atoms with Gasteiger partial charge in [-0.25, -0.2) is 0 Å². The summed E-state index contributed by atoms with van der Waals surface area (Å²) in [5, 5.41) is 3.75. The fourth-order valence-electron chi connectivity index (χ4n) is 1.83. The Labute approximate surface area is 110 Å². The zero-order chi connectivity index (χ0) is 13.1. The highest BCUT2D eigenvalue weighted by Crippen LogP contribution is 2.14. The lowest BCUT2D eigenvalue weighted by Gasteiger charge is -2.05. The molecule has 1 aromatic carbocycles. The average molecular weight is 249 g/mol. The van der Waals surface area contributed by atoms with Gasteiger partial charge >= 0.3 is 0 Å². The van der Waals surface area contributed by atoms with Gasteiger partial charge in [0.2, 0.25) is 0 Å². The van der Waals surface area contributed by atoms with Gasteiger partial charge in [-0.1, -0.05) is 18.2 Å². The Bertz CT molecular complexity index is 726. The van der Waals surface area contributed by atoms with E-state index in [4.69, 9.17) is 0 Å². The van der Waals surface area contributed by atoms with E-state index in [0.717, 1.165) is 10.9 Å². The highest BCUT2D eigenvalue weighted by atomic mass is 16.1. The van der Waals surface area contributed by atoms with Crippen LogP contribution in [-0.4, -0.2) is 15.9 Å². The second-order valence-electron chi connectivity index (χ2n) is 4.11. The fraction of sp³-hybridized carbons (Fsp3) is 0. The predicted octanol–water partition coefficient (Wildman–Crippen LogP) is 2.88. The predicted molar refractivity (Wildman–Crippen MR) is 73.9 cm³/mol. The van der Waals surface area contributed by atoms with Gasteiger partial charge in [0, 0.05) is 29.7 Å². The number of anilines is 1. The number of amides is 1. The topological polar surface area (TPSA) is 54.9 Å². The number of rotatable bonds is 2. The summed E-state index contributed by atoms with van der Waals surface area (Å²) in [6.45, 7) is 0. The highest BCUT2D eigenvalue weighted by molar-refractivity contribution is 6.05. The van der Waals surface area contributed by atoms with Crippen LogP contribution in [0.15, 0.2) is 61.1 Å². The van der Waals surface area contributed by atoms with E-state index in [2.05, 4.69) is 15.3 Å². The summed E-state index contributed by atoms with van der Waals surface area (Å²) in [6, 6.07) is 13.0. The van der Waals surface area contributed by atoms with Crippen LogP contribution in [0.2, 0.25) is 0 Å². The van der Waals surface area contributed by atoms with E-state index in [1.165, 1.54) is 0 Å². The molecule has 1 N–H and O–H groups in total. The molecule has 0 aliphatic heterocycles. The molecule has 0 fully saturated rings. The number of hydrogen-bond acceptors (Lipinski definition) is 3. The minimum absolute atomic E-state index is 0.176. The first-order valence-electron chi connectivity index (χ1n) is 5.89. The maximum absolute atomic E-state index is 12.1. The molecule has 0 unspecified atom stereocenters. The normalized spacial score (nSPS) is 10.3. The van der Waals surface area contributed by atoms with Crippen molar-refractivity contribution in [3.63, 3.8) is 0 Å². The molecule has 3 rings (SSSR count). The van der Waals surface area contributed by atoms with Crippen LogP contribution >= 0.6 is 0 Å². The smallest absolute Gasteiger partial charge is 0.257 e. The van der Waals surface area contributed by atoms with Crippen LogP contribution in [-0.2, 0) is 0 Å². The first kappa shape index (κ1) is 11.3. The molecule has 0 aliphatic carbocycles. The Kier molecular flexibility index (Phi) is 2.90. The summed E-state index contributed by atoms with van der Waals surface area (Å²) in [5.74, 6) is -0.176. The summed E-state index contributed by atoms with van der Waals surface area (Å²) in [4.78, 5) is 20.3. The molecular formula is C15H11N3O. The van der Waals surface area contributed by atoms with E-state index in [-0.39, 0.29) is 5.91 Å². The molecule has 2 heterocycles. The van der Waals surface area contributed by atoms with Gasteiger partial charge in [-0.05, 0) is 24.3 Å². The summed E-state index contributed by atoms with van der Waals surface area (Å²) in [5.41, 5.74) is 2.13. The maximum atomic E-state index is 12.1. The molecule has 0 saturated heterocycles. The Morgan fingerprint density at radius 3 is 2.68 bits per heavy atom. The Morgan fingerprint density at radius 1 is 1.05 bits per heavy atom. The number of hydrogen-bond donors (Lipinski definition) is 1. The summed E-state index contributed by atoms with van der Waals surface area (Å²) >= 11 is 0. The summed E-state index contributed by atoms with van der Waals surface area (Å²) < 4.78 is 0. The van der Waals surface area contributed by atoms with Crippen LogP contribution in [0.5, 0.6) is 0 Å². The van der Waals surface area contributed by atoms with E-state index >= 15 is 0 Å². The molecule has 0 saturated carbocycles. The van der Waals surface area contributed by atoms with Crippen LogP contribution in [0.3, 0.4) is 0 Å². The van der Waals surface area contributed by atoms with Crippen molar-refractivity contribution in [1.82, 2.24) is 9.97 Å². The minimum atomic E-state index is -0.176. The van der Waals surface area contributed by atoms with Crippen molar-refractivity contribution in [1.29, 1.82) is 0 Å². The van der Waals surface area contributed by atoms with Crippen molar-refractivity contribution in [2.75, 3.05) is 5.32 Å². The molecule has 0 aliphatic rings. The lowest BCUT2D eigenvalue weighted by atomic mass is 10.1. The number of benzene rings is 1. The number of aromatic nitrogens is 2. The third-order valence-electron chi connectivity index (χ3n) is 2.79. The first-order valence-corrected chi connectivity index (χ1v) is 5.89. The molecule has 4 nitrogen and oxygen atoms in total. The van der Waals surface area contributed by atoms with Crippen molar-refractivity contribution in [3.8, 4) is 0 Å². The van der Waals surface area contributed by atoms with E-state index in [9.17, 15) is 4.79 Å². The number of nitrogens with one attached hydrogen (secondary N) is 1. The zero-order valence-electron chi connectivity index (χ0n) is 10.1. The van der Waals surface area contributed by atoms with Crippen molar-refractivity contribution >= 4 is 22.5 Å². The van der Waals surface area contributed by atoms with Gasteiger partial charge in [0.1, 0.15) is 0 Å². The van der Waals surface area contributed by atoms with Gasteiger partial charge in [-0.3, -0.25) is 14.8 Å². The maximum Gasteiger partial charge on any atom is 0.257 e. The molecule has 3 aromatic rings. The average Bonchev–Trinajstić information content (AvgIpc) is 2.48. The molecule has 0 radical (unpaired) electrons. The zero-order valence-corrected chi connectivity index (χ0v) is 10.1. The van der Waals surface area contributed by atoms with E-state index < -0.39 is 0 Å². The van der Waals surface area contributed by atoms with Crippen molar-refractivity contribution in [3.05, 3.63) is 66.6 Å². The summed E-state index contributed by atoms with van der Waals surface area (Å²) in [6.07, 6.45) is 4.85. The molecule has 0 bridgehead atoms.